The second-order valence-electron chi connectivity index (χ2n) is 7.30. The SMILES string of the molecule is CC(C)c1cccc(C2CC[N][C@H](CC(=O)N3CCOCC3)C2)c1. The molecule has 0 N–H and O–H groups in total. The van der Waals surface area contributed by atoms with Crippen LogP contribution in [0.2, 0.25) is 0 Å². The summed E-state index contributed by atoms with van der Waals surface area (Å²) in [6, 6.07) is 9.14. The molecule has 1 amide bonds. The van der Waals surface area contributed by atoms with Crippen molar-refractivity contribution in [1.82, 2.24) is 10.2 Å². The summed E-state index contributed by atoms with van der Waals surface area (Å²) >= 11 is 0. The predicted molar refractivity (Wildman–Crippen MR) is 95.3 cm³/mol. The Kier molecular flexibility index (Phi) is 5.90. The number of benzene rings is 1. The lowest BCUT2D eigenvalue weighted by Crippen LogP contribution is -2.44. The molecule has 2 atom stereocenters. The molecule has 1 aromatic rings. The Bertz CT molecular complexity index is 552. The van der Waals surface area contributed by atoms with E-state index in [1.54, 1.807) is 0 Å². The van der Waals surface area contributed by atoms with Gasteiger partial charge in [0.25, 0.3) is 0 Å². The summed E-state index contributed by atoms with van der Waals surface area (Å²) < 4.78 is 5.33. The van der Waals surface area contributed by atoms with Gasteiger partial charge in [0.1, 0.15) is 0 Å². The zero-order valence-electron chi connectivity index (χ0n) is 14.9. The van der Waals surface area contributed by atoms with Gasteiger partial charge in [-0.3, -0.25) is 4.79 Å². The summed E-state index contributed by atoms with van der Waals surface area (Å²) in [6.07, 6.45) is 2.65. The lowest BCUT2D eigenvalue weighted by atomic mass is 9.84. The van der Waals surface area contributed by atoms with Crippen molar-refractivity contribution in [3.05, 3.63) is 35.4 Å². The molecule has 2 aliphatic rings. The molecule has 2 heterocycles. The van der Waals surface area contributed by atoms with Crippen LogP contribution in [0.3, 0.4) is 0 Å². The minimum absolute atomic E-state index is 0.168. The first-order valence-corrected chi connectivity index (χ1v) is 9.25. The van der Waals surface area contributed by atoms with E-state index in [4.69, 9.17) is 10.1 Å². The van der Waals surface area contributed by atoms with Gasteiger partial charge < -0.3 is 9.64 Å². The largest absolute Gasteiger partial charge is 0.378 e. The fraction of sp³-hybridized carbons (Fsp3) is 0.650. The van der Waals surface area contributed by atoms with Gasteiger partial charge in [-0.2, -0.15) is 0 Å². The molecule has 4 heteroatoms. The van der Waals surface area contributed by atoms with Crippen molar-refractivity contribution in [3.8, 4) is 0 Å². The number of ether oxygens (including phenoxy) is 1. The van der Waals surface area contributed by atoms with E-state index in [1.807, 2.05) is 4.90 Å². The van der Waals surface area contributed by atoms with E-state index in [-0.39, 0.29) is 11.9 Å². The van der Waals surface area contributed by atoms with Crippen molar-refractivity contribution in [2.75, 3.05) is 32.8 Å². The molecule has 0 spiro atoms. The molecule has 2 aliphatic heterocycles. The van der Waals surface area contributed by atoms with Gasteiger partial charge in [-0.1, -0.05) is 38.1 Å². The van der Waals surface area contributed by atoms with E-state index < -0.39 is 0 Å². The van der Waals surface area contributed by atoms with Crippen LogP contribution >= 0.6 is 0 Å². The summed E-state index contributed by atoms with van der Waals surface area (Å²) in [4.78, 5) is 14.4. The number of morpholine rings is 1. The van der Waals surface area contributed by atoms with E-state index in [0.29, 0.717) is 31.5 Å². The van der Waals surface area contributed by atoms with E-state index in [0.717, 1.165) is 32.5 Å². The van der Waals surface area contributed by atoms with Gasteiger partial charge >= 0.3 is 0 Å². The highest BCUT2D eigenvalue weighted by Gasteiger charge is 2.28. The van der Waals surface area contributed by atoms with Gasteiger partial charge in [0.15, 0.2) is 0 Å². The number of amides is 1. The number of hydrogen-bond donors (Lipinski definition) is 0. The van der Waals surface area contributed by atoms with Crippen molar-refractivity contribution in [1.29, 1.82) is 0 Å². The van der Waals surface area contributed by atoms with Crippen molar-refractivity contribution in [3.63, 3.8) is 0 Å². The molecule has 1 aromatic carbocycles. The minimum Gasteiger partial charge on any atom is -0.378 e. The maximum absolute atomic E-state index is 12.5. The summed E-state index contributed by atoms with van der Waals surface area (Å²) in [5.41, 5.74) is 2.82. The number of hydrogen-bond acceptors (Lipinski definition) is 2. The molecular weight excluding hydrogens is 300 g/mol. The highest BCUT2D eigenvalue weighted by Crippen LogP contribution is 2.31. The third kappa shape index (κ3) is 4.37. The third-order valence-electron chi connectivity index (χ3n) is 5.24. The smallest absolute Gasteiger partial charge is 0.224 e. The van der Waals surface area contributed by atoms with Crippen LogP contribution in [-0.4, -0.2) is 49.7 Å². The van der Waals surface area contributed by atoms with Gasteiger partial charge in [-0.05, 0) is 35.8 Å². The van der Waals surface area contributed by atoms with Crippen LogP contribution < -0.4 is 5.32 Å². The molecule has 0 bridgehead atoms. The van der Waals surface area contributed by atoms with E-state index >= 15 is 0 Å². The predicted octanol–water partition coefficient (Wildman–Crippen LogP) is 2.91. The van der Waals surface area contributed by atoms with E-state index in [2.05, 4.69) is 38.1 Å². The second-order valence-corrected chi connectivity index (χ2v) is 7.30. The quantitative estimate of drug-likeness (QED) is 0.852. The summed E-state index contributed by atoms with van der Waals surface area (Å²) in [5, 5.41) is 4.72. The molecular formula is C20H29N2O2. The zero-order valence-corrected chi connectivity index (χ0v) is 14.9. The first kappa shape index (κ1) is 17.4. The van der Waals surface area contributed by atoms with Crippen molar-refractivity contribution in [2.24, 2.45) is 0 Å². The van der Waals surface area contributed by atoms with Crippen LogP contribution in [0.1, 0.15) is 56.1 Å². The molecule has 2 saturated heterocycles. The first-order chi connectivity index (χ1) is 11.6. The fourth-order valence-corrected chi connectivity index (χ4v) is 3.70. The normalized spacial score (nSPS) is 25.0. The lowest BCUT2D eigenvalue weighted by Gasteiger charge is -2.32. The monoisotopic (exact) mass is 329 g/mol. The topological polar surface area (TPSA) is 43.6 Å². The fourth-order valence-electron chi connectivity index (χ4n) is 3.70. The van der Waals surface area contributed by atoms with Gasteiger partial charge in [-0.15, -0.1) is 0 Å². The third-order valence-corrected chi connectivity index (χ3v) is 5.24. The summed E-state index contributed by atoms with van der Waals surface area (Å²) in [5.74, 6) is 1.32. The Hall–Kier alpha value is -1.39. The van der Waals surface area contributed by atoms with Gasteiger partial charge in [0, 0.05) is 32.1 Å². The van der Waals surface area contributed by atoms with E-state index in [1.165, 1.54) is 11.1 Å². The van der Waals surface area contributed by atoms with Crippen molar-refractivity contribution >= 4 is 5.91 Å². The summed E-state index contributed by atoms with van der Waals surface area (Å²) in [6.45, 7) is 8.13. The van der Waals surface area contributed by atoms with Crippen LogP contribution in [0.4, 0.5) is 0 Å². The molecule has 1 radical (unpaired) electrons. The zero-order chi connectivity index (χ0) is 16.9. The van der Waals surface area contributed by atoms with Crippen LogP contribution in [0.25, 0.3) is 0 Å². The average Bonchev–Trinajstić information content (AvgIpc) is 2.63. The number of piperidine rings is 1. The van der Waals surface area contributed by atoms with Crippen molar-refractivity contribution < 1.29 is 9.53 Å². The molecule has 0 aromatic heterocycles. The second kappa shape index (κ2) is 8.13. The lowest BCUT2D eigenvalue weighted by molar-refractivity contribution is -0.136. The van der Waals surface area contributed by atoms with Crippen LogP contribution in [0, 0.1) is 0 Å². The Balaban J connectivity index is 1.59. The van der Waals surface area contributed by atoms with Crippen molar-refractivity contribution in [2.45, 2.75) is 51.0 Å². The number of carbonyl (C=O) groups is 1. The van der Waals surface area contributed by atoms with E-state index in [9.17, 15) is 4.79 Å². The van der Waals surface area contributed by atoms with Gasteiger partial charge in [-0.25, -0.2) is 5.32 Å². The maximum Gasteiger partial charge on any atom is 0.224 e. The molecule has 4 nitrogen and oxygen atoms in total. The number of carbonyl (C=O) groups excluding carboxylic acids is 1. The molecule has 131 valence electrons. The Morgan fingerprint density at radius 3 is 2.88 bits per heavy atom. The molecule has 0 saturated carbocycles. The minimum atomic E-state index is 0.168. The van der Waals surface area contributed by atoms with Gasteiger partial charge in [0.2, 0.25) is 5.91 Å². The molecule has 3 rings (SSSR count). The Labute approximate surface area is 145 Å². The standard InChI is InChI=1S/C20H29N2O2/c1-15(2)16-4-3-5-17(12-16)18-6-7-21-19(13-18)14-20(23)22-8-10-24-11-9-22/h3-5,12,15,18-19H,6-11,13-14H2,1-2H3/t18?,19-/m0/s1. The van der Waals surface area contributed by atoms with Crippen LogP contribution in [-0.2, 0) is 9.53 Å². The Morgan fingerprint density at radius 2 is 2.12 bits per heavy atom. The van der Waals surface area contributed by atoms with Crippen LogP contribution in [0.5, 0.6) is 0 Å². The highest BCUT2D eigenvalue weighted by atomic mass is 16.5. The van der Waals surface area contributed by atoms with Gasteiger partial charge in [0.05, 0.1) is 13.2 Å². The summed E-state index contributed by atoms with van der Waals surface area (Å²) in [7, 11) is 0. The van der Waals surface area contributed by atoms with Crippen LogP contribution in [0.15, 0.2) is 24.3 Å². The Morgan fingerprint density at radius 1 is 1.33 bits per heavy atom. The average molecular weight is 329 g/mol. The number of nitrogens with zero attached hydrogens (tertiary/aromatic N) is 2. The first-order valence-electron chi connectivity index (χ1n) is 9.25. The molecule has 24 heavy (non-hydrogen) atoms. The highest BCUT2D eigenvalue weighted by molar-refractivity contribution is 5.77. The maximum atomic E-state index is 12.5. The number of rotatable bonds is 4. The molecule has 1 unspecified atom stereocenters. The molecule has 0 aliphatic carbocycles. The molecule has 2 fully saturated rings.